The van der Waals surface area contributed by atoms with Crippen LogP contribution in [0, 0.1) is 0 Å². The molecule has 0 spiro atoms. The first-order chi connectivity index (χ1) is 8.16. The topological polar surface area (TPSA) is 75.3 Å². The molecule has 0 aliphatic heterocycles. The highest BCUT2D eigenvalue weighted by molar-refractivity contribution is 5.93. The molecule has 2 N–H and O–H groups in total. The Bertz CT molecular complexity index is 559. The summed E-state index contributed by atoms with van der Waals surface area (Å²) < 4.78 is 1.33. The lowest BCUT2D eigenvalue weighted by Crippen LogP contribution is -2.03. The van der Waals surface area contributed by atoms with Crippen LogP contribution < -0.4 is 0 Å². The van der Waals surface area contributed by atoms with E-state index in [0.29, 0.717) is 5.56 Å². The van der Waals surface area contributed by atoms with Crippen molar-refractivity contribution in [2.24, 2.45) is 0 Å². The number of allylic oxidation sites excluding steroid dienone is 1. The number of nitrogens with zero attached hydrogens (tertiary/aromatic N) is 2. The molecule has 0 saturated carbocycles. The van der Waals surface area contributed by atoms with E-state index >= 15 is 0 Å². The van der Waals surface area contributed by atoms with Crippen LogP contribution in [0.25, 0.3) is 6.08 Å². The molecule has 0 unspecified atom stereocenters. The van der Waals surface area contributed by atoms with E-state index in [1.807, 2.05) is 0 Å². The van der Waals surface area contributed by atoms with Gasteiger partial charge in [0.2, 0.25) is 0 Å². The first kappa shape index (κ1) is 10.9. The number of hydrogen-bond donors (Lipinski definition) is 2. The van der Waals surface area contributed by atoms with Gasteiger partial charge in [0.15, 0.2) is 11.5 Å². The summed E-state index contributed by atoms with van der Waals surface area (Å²) in [6, 6.07) is 4.32. The summed E-state index contributed by atoms with van der Waals surface area (Å²) in [5.74, 6) is -0.652. The molecule has 0 atom stereocenters. The number of aromatic nitrogens is 2. The predicted octanol–water partition coefficient (Wildman–Crippen LogP) is 1.65. The molecule has 1 aromatic carbocycles. The fraction of sp³-hybridized carbons (Fsp3) is 0. The van der Waals surface area contributed by atoms with Gasteiger partial charge >= 0.3 is 0 Å². The third-order valence-corrected chi connectivity index (χ3v) is 2.18. The molecule has 0 aliphatic rings. The van der Waals surface area contributed by atoms with Gasteiger partial charge in [-0.25, -0.2) is 4.98 Å². The molecular weight excluding hydrogens is 220 g/mol. The minimum Gasteiger partial charge on any atom is -0.504 e. The minimum absolute atomic E-state index is 0.192. The zero-order valence-corrected chi connectivity index (χ0v) is 8.82. The number of imidazole rings is 1. The van der Waals surface area contributed by atoms with Crippen LogP contribution in [0.1, 0.15) is 10.4 Å². The van der Waals surface area contributed by atoms with Crippen molar-refractivity contribution < 1.29 is 15.0 Å². The predicted molar refractivity (Wildman–Crippen MR) is 61.7 cm³/mol. The van der Waals surface area contributed by atoms with Gasteiger partial charge in [-0.15, -0.1) is 0 Å². The summed E-state index contributed by atoms with van der Waals surface area (Å²) in [5, 5.41) is 18.4. The van der Waals surface area contributed by atoms with Crippen LogP contribution in [0.4, 0.5) is 0 Å². The van der Waals surface area contributed by atoms with E-state index in [-0.39, 0.29) is 17.4 Å². The van der Waals surface area contributed by atoms with Gasteiger partial charge in [-0.1, -0.05) is 6.07 Å². The van der Waals surface area contributed by atoms with Crippen molar-refractivity contribution in [1.82, 2.24) is 9.55 Å². The first-order valence-corrected chi connectivity index (χ1v) is 4.89. The summed E-state index contributed by atoms with van der Waals surface area (Å²) >= 11 is 0. The Morgan fingerprint density at radius 3 is 2.76 bits per heavy atom. The Labute approximate surface area is 97.3 Å². The maximum Gasteiger partial charge on any atom is 0.255 e. The number of hydrogen-bond acceptors (Lipinski definition) is 4. The zero-order valence-electron chi connectivity index (χ0n) is 8.82. The second-order valence-electron chi connectivity index (χ2n) is 3.39. The third kappa shape index (κ3) is 2.52. The highest BCUT2D eigenvalue weighted by Gasteiger charge is 2.00. The molecule has 17 heavy (non-hydrogen) atoms. The molecular formula is C12H10N2O3. The minimum atomic E-state index is -0.241. The summed E-state index contributed by atoms with van der Waals surface area (Å²) in [4.78, 5) is 15.3. The molecule has 0 aliphatic carbocycles. The Balaban J connectivity index is 2.15. The van der Waals surface area contributed by atoms with E-state index in [0.717, 1.165) is 0 Å². The van der Waals surface area contributed by atoms with Gasteiger partial charge in [0.05, 0.1) is 0 Å². The highest BCUT2D eigenvalue weighted by Crippen LogP contribution is 2.25. The molecule has 1 heterocycles. The zero-order chi connectivity index (χ0) is 12.3. The van der Waals surface area contributed by atoms with Gasteiger partial charge in [0.25, 0.3) is 5.91 Å². The molecule has 0 saturated heterocycles. The molecule has 0 bridgehead atoms. The molecule has 1 aromatic heterocycles. The Morgan fingerprint density at radius 1 is 1.29 bits per heavy atom. The number of carbonyl (C=O) groups excluding carboxylic acids is 1. The average Bonchev–Trinajstić information content (AvgIpc) is 2.84. The third-order valence-electron chi connectivity index (χ3n) is 2.18. The van der Waals surface area contributed by atoms with E-state index in [2.05, 4.69) is 4.98 Å². The van der Waals surface area contributed by atoms with Gasteiger partial charge in [-0.3, -0.25) is 9.36 Å². The fourth-order valence-electron chi connectivity index (χ4n) is 1.29. The van der Waals surface area contributed by atoms with Crippen LogP contribution in [0.5, 0.6) is 11.5 Å². The van der Waals surface area contributed by atoms with Crippen LogP contribution >= 0.6 is 0 Å². The van der Waals surface area contributed by atoms with Crippen LogP contribution in [0.2, 0.25) is 0 Å². The fourth-order valence-corrected chi connectivity index (χ4v) is 1.29. The summed E-state index contributed by atoms with van der Waals surface area (Å²) in [5.41, 5.74) is 0.619. The van der Waals surface area contributed by atoms with Crippen LogP contribution in [0.3, 0.4) is 0 Å². The van der Waals surface area contributed by atoms with Crippen molar-refractivity contribution in [2.45, 2.75) is 0 Å². The number of phenolic OH excluding ortho intramolecular Hbond substituents is 2. The van der Waals surface area contributed by atoms with E-state index in [9.17, 15) is 9.90 Å². The summed E-state index contributed by atoms with van der Waals surface area (Å²) in [7, 11) is 0. The van der Waals surface area contributed by atoms with Crippen LogP contribution in [-0.2, 0) is 0 Å². The van der Waals surface area contributed by atoms with Gasteiger partial charge in [0, 0.05) is 18.5 Å². The first-order valence-electron chi connectivity index (χ1n) is 4.89. The molecule has 0 amide bonds. The molecule has 0 fully saturated rings. The molecule has 86 valence electrons. The number of rotatable bonds is 2. The molecule has 2 aromatic rings. The van der Waals surface area contributed by atoms with Gasteiger partial charge in [0.1, 0.15) is 6.33 Å². The normalized spacial score (nSPS) is 10.8. The Hall–Kier alpha value is -2.56. The maximum atomic E-state index is 11.6. The molecule has 5 nitrogen and oxygen atoms in total. The lowest BCUT2D eigenvalue weighted by atomic mass is 10.2. The molecule has 5 heteroatoms. The largest absolute Gasteiger partial charge is 0.504 e. The van der Waals surface area contributed by atoms with E-state index in [1.54, 1.807) is 18.3 Å². The smallest absolute Gasteiger partial charge is 0.255 e. The van der Waals surface area contributed by atoms with Crippen molar-refractivity contribution in [2.75, 3.05) is 0 Å². The second-order valence-corrected chi connectivity index (χ2v) is 3.39. The van der Waals surface area contributed by atoms with Crippen molar-refractivity contribution in [3.8, 4) is 11.5 Å². The summed E-state index contributed by atoms with van der Waals surface area (Å²) in [6.07, 6.45) is 7.36. The standard InChI is InChI=1S/C12H10N2O3/c15-10-3-1-9(7-11(10)16)2-4-12(17)14-6-5-13-8-14/h1-8,15-16H. The second kappa shape index (κ2) is 4.52. The van der Waals surface area contributed by atoms with E-state index in [1.165, 1.54) is 35.3 Å². The monoisotopic (exact) mass is 230 g/mol. The molecule has 0 radical (unpaired) electrons. The number of carbonyl (C=O) groups is 1. The van der Waals surface area contributed by atoms with Gasteiger partial charge < -0.3 is 10.2 Å². The Kier molecular flexibility index (Phi) is 2.91. The lowest BCUT2D eigenvalue weighted by molar-refractivity contribution is 0.0969. The Morgan fingerprint density at radius 2 is 2.12 bits per heavy atom. The van der Waals surface area contributed by atoms with Crippen LogP contribution in [-0.4, -0.2) is 25.7 Å². The average molecular weight is 230 g/mol. The SMILES string of the molecule is O=C(C=Cc1ccc(O)c(O)c1)n1ccnc1. The highest BCUT2D eigenvalue weighted by atomic mass is 16.3. The lowest BCUT2D eigenvalue weighted by Gasteiger charge is -1.98. The van der Waals surface area contributed by atoms with E-state index < -0.39 is 0 Å². The number of aromatic hydroxyl groups is 2. The van der Waals surface area contributed by atoms with Gasteiger partial charge in [-0.2, -0.15) is 0 Å². The summed E-state index contributed by atoms with van der Waals surface area (Å²) in [6.45, 7) is 0. The van der Waals surface area contributed by atoms with Crippen molar-refractivity contribution in [3.05, 3.63) is 48.6 Å². The van der Waals surface area contributed by atoms with Crippen molar-refractivity contribution in [3.63, 3.8) is 0 Å². The van der Waals surface area contributed by atoms with Crippen molar-refractivity contribution in [1.29, 1.82) is 0 Å². The number of benzene rings is 1. The van der Waals surface area contributed by atoms with Crippen molar-refractivity contribution >= 4 is 12.0 Å². The molecule has 2 rings (SSSR count). The quantitative estimate of drug-likeness (QED) is 0.607. The van der Waals surface area contributed by atoms with E-state index in [4.69, 9.17) is 5.11 Å². The van der Waals surface area contributed by atoms with Gasteiger partial charge in [-0.05, 0) is 23.8 Å². The maximum absolute atomic E-state index is 11.6. The van der Waals surface area contributed by atoms with Crippen LogP contribution in [0.15, 0.2) is 43.0 Å². The number of phenols is 2.